The molecular formula is C13H7F4N3S. The second kappa shape index (κ2) is 4.66. The minimum atomic E-state index is -4.71. The smallest absolute Gasteiger partial charge is 0.383 e. The number of fused-ring (bicyclic) bond motifs is 1. The van der Waals surface area contributed by atoms with Crippen LogP contribution in [0.4, 0.5) is 23.4 Å². The Morgan fingerprint density at radius 1 is 1.10 bits per heavy atom. The molecule has 3 aromatic rings. The highest BCUT2D eigenvalue weighted by atomic mass is 32.1. The Morgan fingerprint density at radius 3 is 2.57 bits per heavy atom. The summed E-state index contributed by atoms with van der Waals surface area (Å²) in [5.74, 6) is -1.06. The molecule has 0 aliphatic heterocycles. The van der Waals surface area contributed by atoms with Gasteiger partial charge in [-0.15, -0.1) is 11.3 Å². The van der Waals surface area contributed by atoms with Gasteiger partial charge in [-0.25, -0.2) is 14.4 Å². The Balaban J connectivity index is 2.27. The maximum Gasteiger partial charge on any atom is 0.417 e. The van der Waals surface area contributed by atoms with Crippen LogP contribution in [0, 0.1) is 5.82 Å². The molecule has 0 unspecified atom stereocenters. The zero-order valence-electron chi connectivity index (χ0n) is 10.3. The lowest BCUT2D eigenvalue weighted by Gasteiger charge is -2.12. The highest BCUT2D eigenvalue weighted by Crippen LogP contribution is 2.37. The quantitative estimate of drug-likeness (QED) is 0.688. The molecule has 0 aliphatic carbocycles. The molecule has 3 nitrogen and oxygen atoms in total. The summed E-state index contributed by atoms with van der Waals surface area (Å²) in [5.41, 5.74) is 4.30. The maximum absolute atomic E-state index is 13.1. The van der Waals surface area contributed by atoms with E-state index >= 15 is 0 Å². The van der Waals surface area contributed by atoms with Gasteiger partial charge in [0.15, 0.2) is 5.82 Å². The summed E-state index contributed by atoms with van der Waals surface area (Å²) in [4.78, 5) is 8.46. The van der Waals surface area contributed by atoms with Crippen molar-refractivity contribution in [2.75, 3.05) is 5.73 Å². The van der Waals surface area contributed by atoms with E-state index in [4.69, 9.17) is 5.73 Å². The van der Waals surface area contributed by atoms with Crippen molar-refractivity contribution in [1.29, 1.82) is 0 Å². The predicted molar refractivity (Wildman–Crippen MR) is 72.2 cm³/mol. The first-order valence-corrected chi connectivity index (χ1v) is 6.62. The number of nitrogens with two attached hydrogens (primary N) is 1. The second-order valence-electron chi connectivity index (χ2n) is 4.26. The Morgan fingerprint density at radius 2 is 1.86 bits per heavy atom. The minimum Gasteiger partial charge on any atom is -0.383 e. The number of halogens is 4. The molecule has 0 radical (unpaired) electrons. The fraction of sp³-hybridized carbons (Fsp3) is 0.0769. The van der Waals surface area contributed by atoms with Gasteiger partial charge in [-0.1, -0.05) is 0 Å². The molecule has 0 atom stereocenters. The van der Waals surface area contributed by atoms with E-state index in [0.29, 0.717) is 16.3 Å². The van der Waals surface area contributed by atoms with Crippen molar-refractivity contribution in [1.82, 2.24) is 9.97 Å². The summed E-state index contributed by atoms with van der Waals surface area (Å²) in [6.45, 7) is 0. The standard InChI is InChI=1S/C13H7F4N3S/c14-6-1-2-7(9(5-6)13(15,16)17)11-19-10(18)8-3-4-21-12(8)20-11/h1-5H,(H2,18,19,20). The van der Waals surface area contributed by atoms with Gasteiger partial charge in [0.05, 0.1) is 10.9 Å². The van der Waals surface area contributed by atoms with Crippen molar-refractivity contribution in [2.45, 2.75) is 6.18 Å². The summed E-state index contributed by atoms with van der Waals surface area (Å²) in [6.07, 6.45) is -4.71. The molecule has 2 heterocycles. The molecule has 0 aliphatic rings. The largest absolute Gasteiger partial charge is 0.417 e. The third kappa shape index (κ3) is 2.42. The van der Waals surface area contributed by atoms with E-state index in [9.17, 15) is 17.6 Å². The minimum absolute atomic E-state index is 0.0914. The highest BCUT2D eigenvalue weighted by molar-refractivity contribution is 7.16. The number of benzene rings is 1. The molecule has 0 amide bonds. The van der Waals surface area contributed by atoms with Crippen molar-refractivity contribution in [2.24, 2.45) is 0 Å². The Hall–Kier alpha value is -2.22. The number of anilines is 1. The lowest BCUT2D eigenvalue weighted by molar-refractivity contribution is -0.137. The number of alkyl halides is 3. The lowest BCUT2D eigenvalue weighted by Crippen LogP contribution is -2.09. The molecule has 8 heteroatoms. The first-order valence-electron chi connectivity index (χ1n) is 5.74. The average Bonchev–Trinajstić information content (AvgIpc) is 2.86. The summed E-state index contributed by atoms with van der Waals surface area (Å²) in [6, 6.07) is 4.05. The number of thiophene rings is 1. The van der Waals surface area contributed by atoms with Gasteiger partial charge < -0.3 is 5.73 Å². The van der Waals surface area contributed by atoms with Crippen molar-refractivity contribution >= 4 is 27.4 Å². The third-order valence-corrected chi connectivity index (χ3v) is 3.69. The zero-order chi connectivity index (χ0) is 15.2. The van der Waals surface area contributed by atoms with Crippen LogP contribution in [-0.2, 0) is 6.18 Å². The molecule has 21 heavy (non-hydrogen) atoms. The van der Waals surface area contributed by atoms with Gasteiger partial charge in [0.2, 0.25) is 0 Å². The van der Waals surface area contributed by atoms with E-state index in [1.807, 2.05) is 0 Å². The molecule has 0 saturated carbocycles. The molecule has 108 valence electrons. The number of hydrogen-bond acceptors (Lipinski definition) is 4. The zero-order valence-corrected chi connectivity index (χ0v) is 11.1. The van der Waals surface area contributed by atoms with E-state index in [1.165, 1.54) is 11.3 Å². The van der Waals surface area contributed by atoms with Crippen LogP contribution in [0.5, 0.6) is 0 Å². The van der Waals surface area contributed by atoms with Crippen molar-refractivity contribution < 1.29 is 17.6 Å². The summed E-state index contributed by atoms with van der Waals surface area (Å²) < 4.78 is 52.2. The van der Waals surface area contributed by atoms with E-state index in [0.717, 1.165) is 12.1 Å². The first-order chi connectivity index (χ1) is 9.86. The SMILES string of the molecule is Nc1nc(-c2ccc(F)cc2C(F)(F)F)nc2sccc12. The number of hydrogen-bond donors (Lipinski definition) is 1. The van der Waals surface area contributed by atoms with E-state index in [-0.39, 0.29) is 17.2 Å². The Labute approximate surface area is 120 Å². The number of aromatic nitrogens is 2. The predicted octanol–water partition coefficient (Wildman–Crippen LogP) is 4.10. The highest BCUT2D eigenvalue weighted by Gasteiger charge is 2.35. The number of nitrogen functional groups attached to an aromatic ring is 1. The van der Waals surface area contributed by atoms with Crippen LogP contribution in [0.25, 0.3) is 21.6 Å². The van der Waals surface area contributed by atoms with E-state index in [1.54, 1.807) is 11.4 Å². The molecule has 3 rings (SSSR count). The van der Waals surface area contributed by atoms with Crippen molar-refractivity contribution in [3.05, 3.63) is 41.0 Å². The monoisotopic (exact) mass is 313 g/mol. The summed E-state index contributed by atoms with van der Waals surface area (Å²) in [5, 5.41) is 2.30. The fourth-order valence-corrected chi connectivity index (χ4v) is 2.72. The van der Waals surface area contributed by atoms with Crippen LogP contribution in [0.1, 0.15) is 5.56 Å². The van der Waals surface area contributed by atoms with Gasteiger partial charge in [-0.2, -0.15) is 13.2 Å². The van der Waals surface area contributed by atoms with Crippen LogP contribution in [-0.4, -0.2) is 9.97 Å². The van der Waals surface area contributed by atoms with Crippen LogP contribution in [0.15, 0.2) is 29.6 Å². The van der Waals surface area contributed by atoms with Crippen LogP contribution >= 0.6 is 11.3 Å². The molecule has 1 aromatic carbocycles. The Kier molecular flexibility index (Phi) is 3.05. The van der Waals surface area contributed by atoms with E-state index < -0.39 is 17.6 Å². The van der Waals surface area contributed by atoms with Crippen LogP contribution in [0.2, 0.25) is 0 Å². The fourth-order valence-electron chi connectivity index (χ4n) is 1.94. The van der Waals surface area contributed by atoms with Crippen molar-refractivity contribution in [3.63, 3.8) is 0 Å². The summed E-state index contributed by atoms with van der Waals surface area (Å²) in [7, 11) is 0. The van der Waals surface area contributed by atoms with Gasteiger partial charge in [0.1, 0.15) is 16.5 Å². The van der Waals surface area contributed by atoms with Gasteiger partial charge in [-0.05, 0) is 29.6 Å². The second-order valence-corrected chi connectivity index (χ2v) is 5.15. The third-order valence-electron chi connectivity index (χ3n) is 2.88. The van der Waals surface area contributed by atoms with Gasteiger partial charge in [0.25, 0.3) is 0 Å². The molecule has 2 N–H and O–H groups in total. The van der Waals surface area contributed by atoms with Gasteiger partial charge in [-0.3, -0.25) is 0 Å². The lowest BCUT2D eigenvalue weighted by atomic mass is 10.1. The molecular weight excluding hydrogens is 306 g/mol. The van der Waals surface area contributed by atoms with E-state index in [2.05, 4.69) is 9.97 Å². The van der Waals surface area contributed by atoms with Crippen molar-refractivity contribution in [3.8, 4) is 11.4 Å². The number of rotatable bonds is 1. The topological polar surface area (TPSA) is 51.8 Å². The molecule has 2 aromatic heterocycles. The first kappa shape index (κ1) is 13.7. The molecule has 0 saturated heterocycles. The van der Waals surface area contributed by atoms with Crippen LogP contribution < -0.4 is 5.73 Å². The van der Waals surface area contributed by atoms with Gasteiger partial charge in [0, 0.05) is 5.56 Å². The summed E-state index contributed by atoms with van der Waals surface area (Å²) >= 11 is 1.24. The number of nitrogens with zero attached hydrogens (tertiary/aromatic N) is 2. The average molecular weight is 313 g/mol. The van der Waals surface area contributed by atoms with Gasteiger partial charge >= 0.3 is 6.18 Å². The maximum atomic E-state index is 13.1. The molecule has 0 bridgehead atoms. The van der Waals surface area contributed by atoms with Crippen LogP contribution in [0.3, 0.4) is 0 Å². The molecule has 0 spiro atoms. The molecule has 0 fully saturated rings. The normalized spacial score (nSPS) is 12.0. The Bertz CT molecular complexity index is 826.